The van der Waals surface area contributed by atoms with E-state index in [1.54, 1.807) is 0 Å². The smallest absolute Gasteiger partial charge is 0.421 e. The molecule has 0 unspecified atom stereocenters. The third-order valence-electron chi connectivity index (χ3n) is 7.04. The standard InChI is InChI=1S/C31H33FN9O6P/c1-7-18(2)40-15-25(38-39-40)29(23-8-9-26(32)37-19(23)3)41(30(42)46-17-47-48(43,44)45)22-10-20(12-33)27-24(11-22)28(21(13-34)14-35-27)36-16-31(4,5)6/h8-11,14-15,29H,2,7,16-17H2,1,3-6H3,(H,35,36)(H2,43,44,45)/t29-/m0/s1. The van der Waals surface area contributed by atoms with Gasteiger partial charge in [-0.05, 0) is 37.0 Å². The summed E-state index contributed by atoms with van der Waals surface area (Å²) in [5.41, 5.74) is 1.72. The Bertz CT molecular complexity index is 2010. The molecule has 0 aliphatic rings. The van der Waals surface area contributed by atoms with E-state index in [0.29, 0.717) is 29.7 Å². The Hall–Kier alpha value is -5.25. The highest BCUT2D eigenvalue weighted by Gasteiger charge is 2.35. The van der Waals surface area contributed by atoms with Gasteiger partial charge in [0.2, 0.25) is 12.7 Å². The fourth-order valence-electron chi connectivity index (χ4n) is 4.69. The number of pyridine rings is 2. The van der Waals surface area contributed by atoms with Crippen LogP contribution in [-0.4, -0.2) is 54.2 Å². The minimum absolute atomic E-state index is 0.0192. The normalized spacial score (nSPS) is 12.2. The van der Waals surface area contributed by atoms with Gasteiger partial charge in [-0.3, -0.25) is 9.88 Å². The molecule has 17 heteroatoms. The van der Waals surface area contributed by atoms with Crippen molar-refractivity contribution in [1.82, 2.24) is 25.0 Å². The second-order valence-corrected chi connectivity index (χ2v) is 13.1. The lowest BCUT2D eigenvalue weighted by Crippen LogP contribution is -2.37. The van der Waals surface area contributed by atoms with Gasteiger partial charge in [0.15, 0.2) is 0 Å². The van der Waals surface area contributed by atoms with Gasteiger partial charge in [-0.2, -0.15) is 14.9 Å². The maximum absolute atomic E-state index is 14.2. The fraction of sp³-hybridized carbons (Fsp3) is 0.323. The van der Waals surface area contributed by atoms with Crippen molar-refractivity contribution in [3.63, 3.8) is 0 Å². The van der Waals surface area contributed by atoms with Crippen molar-refractivity contribution in [2.24, 2.45) is 5.41 Å². The first-order valence-electron chi connectivity index (χ1n) is 14.5. The Labute approximate surface area is 275 Å². The van der Waals surface area contributed by atoms with E-state index in [1.807, 2.05) is 27.7 Å². The second kappa shape index (κ2) is 14.3. The van der Waals surface area contributed by atoms with E-state index in [9.17, 15) is 34.1 Å². The predicted octanol–water partition coefficient (Wildman–Crippen LogP) is 5.55. The number of nitrogens with one attached hydrogen (secondary N) is 1. The molecule has 0 bridgehead atoms. The van der Waals surface area contributed by atoms with Gasteiger partial charge in [0, 0.05) is 35.1 Å². The molecule has 1 aromatic carbocycles. The highest BCUT2D eigenvalue weighted by molar-refractivity contribution is 7.46. The van der Waals surface area contributed by atoms with Gasteiger partial charge in [-0.1, -0.05) is 45.6 Å². The number of hydrogen-bond acceptors (Lipinski definition) is 11. The fourth-order valence-corrected chi connectivity index (χ4v) is 4.89. The highest BCUT2D eigenvalue weighted by atomic mass is 31.2. The Balaban J connectivity index is 2.05. The van der Waals surface area contributed by atoms with E-state index in [2.05, 4.69) is 48.8 Å². The number of carbonyl (C=O) groups excluding carboxylic acids is 1. The summed E-state index contributed by atoms with van der Waals surface area (Å²) in [5.74, 6) is -0.788. The number of phosphoric ester groups is 1. The number of benzene rings is 1. The van der Waals surface area contributed by atoms with Crippen LogP contribution in [0.3, 0.4) is 0 Å². The maximum Gasteiger partial charge on any atom is 0.472 e. The number of fused-ring (bicyclic) bond motifs is 1. The molecule has 0 fully saturated rings. The maximum atomic E-state index is 14.2. The molecular formula is C31H33FN9O6P. The van der Waals surface area contributed by atoms with Crippen LogP contribution < -0.4 is 10.2 Å². The molecule has 0 aliphatic heterocycles. The first-order valence-corrected chi connectivity index (χ1v) is 16.0. The van der Waals surface area contributed by atoms with Crippen molar-refractivity contribution < 1.29 is 32.8 Å². The van der Waals surface area contributed by atoms with Crippen LogP contribution in [0.1, 0.15) is 68.2 Å². The average Bonchev–Trinajstić information content (AvgIpc) is 3.50. The molecule has 1 amide bonds. The number of aryl methyl sites for hydroxylation is 1. The summed E-state index contributed by atoms with van der Waals surface area (Å²) in [6.45, 7) is 12.6. The molecule has 4 rings (SSSR count). The minimum atomic E-state index is -5.04. The van der Waals surface area contributed by atoms with Crippen LogP contribution in [0.15, 0.2) is 43.2 Å². The van der Waals surface area contributed by atoms with Gasteiger partial charge in [0.1, 0.15) is 23.9 Å². The second-order valence-electron chi connectivity index (χ2n) is 11.8. The van der Waals surface area contributed by atoms with Crippen molar-refractivity contribution in [1.29, 1.82) is 10.5 Å². The molecule has 4 aromatic rings. The number of allylic oxidation sites excluding steroid dienone is 1. The molecule has 1 atom stereocenters. The number of hydrogen-bond donors (Lipinski definition) is 3. The van der Waals surface area contributed by atoms with Crippen LogP contribution in [0.2, 0.25) is 0 Å². The van der Waals surface area contributed by atoms with E-state index in [-0.39, 0.29) is 44.7 Å². The lowest BCUT2D eigenvalue weighted by atomic mass is 9.96. The Kier molecular flexibility index (Phi) is 10.6. The summed E-state index contributed by atoms with van der Waals surface area (Å²) in [7, 11) is -5.04. The molecule has 0 aliphatic carbocycles. The monoisotopic (exact) mass is 677 g/mol. The number of amides is 1. The van der Waals surface area contributed by atoms with Gasteiger partial charge in [-0.25, -0.2) is 23.5 Å². The first-order chi connectivity index (χ1) is 22.6. The van der Waals surface area contributed by atoms with Gasteiger partial charge < -0.3 is 19.8 Å². The highest BCUT2D eigenvalue weighted by Crippen LogP contribution is 2.40. The molecule has 0 saturated carbocycles. The Morgan fingerprint density at radius 2 is 1.94 bits per heavy atom. The van der Waals surface area contributed by atoms with Gasteiger partial charge in [0.05, 0.1) is 34.2 Å². The molecule has 3 heterocycles. The molecule has 3 aromatic heterocycles. The van der Waals surface area contributed by atoms with Crippen molar-refractivity contribution in [3.05, 3.63) is 77.3 Å². The van der Waals surface area contributed by atoms with E-state index in [1.165, 1.54) is 42.2 Å². The van der Waals surface area contributed by atoms with Crippen LogP contribution in [0, 0.1) is 40.9 Å². The number of anilines is 2. The molecule has 0 spiro atoms. The SMILES string of the molecule is C=C(CC)n1cc([C@H](c2ccc(F)nc2C)N(C(=O)OCOP(=O)(O)O)c2cc(C#N)c3ncc(C#N)c(NCC(C)(C)C)c3c2)nn1. The molecule has 250 valence electrons. The third-order valence-corrected chi connectivity index (χ3v) is 7.48. The van der Waals surface area contributed by atoms with Crippen LogP contribution in [0.25, 0.3) is 16.6 Å². The average molecular weight is 678 g/mol. The number of ether oxygens (including phenoxy) is 1. The molecule has 3 N–H and O–H groups in total. The summed E-state index contributed by atoms with van der Waals surface area (Å²) in [5, 5.41) is 32.2. The number of nitrogens with zero attached hydrogens (tertiary/aromatic N) is 8. The lowest BCUT2D eigenvalue weighted by Gasteiger charge is -2.31. The van der Waals surface area contributed by atoms with Crippen LogP contribution in [-0.2, 0) is 13.8 Å². The number of aromatic nitrogens is 5. The van der Waals surface area contributed by atoms with Crippen molar-refractivity contribution in [2.75, 3.05) is 23.6 Å². The zero-order valence-electron chi connectivity index (χ0n) is 26.8. The van der Waals surface area contributed by atoms with Crippen molar-refractivity contribution >= 4 is 41.9 Å². The van der Waals surface area contributed by atoms with Gasteiger partial charge >= 0.3 is 13.9 Å². The van der Waals surface area contributed by atoms with Crippen LogP contribution in [0.4, 0.5) is 20.6 Å². The Morgan fingerprint density at radius 1 is 1.23 bits per heavy atom. The summed E-state index contributed by atoms with van der Waals surface area (Å²) in [4.78, 5) is 41.8. The lowest BCUT2D eigenvalue weighted by molar-refractivity contribution is 0.0427. The van der Waals surface area contributed by atoms with E-state index in [0.717, 1.165) is 11.0 Å². The molecular weight excluding hydrogens is 644 g/mol. The third kappa shape index (κ3) is 8.17. The van der Waals surface area contributed by atoms with Gasteiger partial charge in [-0.15, -0.1) is 5.10 Å². The first kappa shape index (κ1) is 35.6. The van der Waals surface area contributed by atoms with Crippen LogP contribution in [0.5, 0.6) is 0 Å². The zero-order chi connectivity index (χ0) is 35.4. The summed E-state index contributed by atoms with van der Waals surface area (Å²) in [6, 6.07) is 8.27. The molecule has 0 saturated heterocycles. The van der Waals surface area contributed by atoms with E-state index < -0.39 is 32.7 Å². The molecule has 0 radical (unpaired) electrons. The summed E-state index contributed by atoms with van der Waals surface area (Å²) >= 11 is 0. The molecule has 15 nitrogen and oxygen atoms in total. The van der Waals surface area contributed by atoms with Crippen molar-refractivity contribution in [2.45, 2.75) is 47.1 Å². The van der Waals surface area contributed by atoms with Crippen LogP contribution >= 0.6 is 7.82 Å². The quantitative estimate of drug-likeness (QED) is 0.101. The van der Waals surface area contributed by atoms with Gasteiger partial charge in [0.25, 0.3) is 0 Å². The summed E-state index contributed by atoms with van der Waals surface area (Å²) in [6.07, 6.45) is 2.15. The van der Waals surface area contributed by atoms with E-state index in [4.69, 9.17) is 4.74 Å². The molecule has 48 heavy (non-hydrogen) atoms. The predicted molar refractivity (Wildman–Crippen MR) is 172 cm³/mol. The Morgan fingerprint density at radius 3 is 2.54 bits per heavy atom. The zero-order valence-corrected chi connectivity index (χ0v) is 27.7. The number of rotatable bonds is 11. The summed E-state index contributed by atoms with van der Waals surface area (Å²) < 4.78 is 36.6. The van der Waals surface area contributed by atoms with Crippen molar-refractivity contribution in [3.8, 4) is 12.1 Å². The topological polar surface area (TPSA) is 212 Å². The number of halogens is 1. The van der Waals surface area contributed by atoms with E-state index >= 15 is 0 Å². The number of carbonyl (C=O) groups is 1. The minimum Gasteiger partial charge on any atom is -0.421 e. The largest absolute Gasteiger partial charge is 0.472 e. The number of nitriles is 2. The number of phosphoric acid groups is 1.